The lowest BCUT2D eigenvalue weighted by Gasteiger charge is -2.35. The number of thiazole rings is 1. The van der Waals surface area contributed by atoms with Crippen LogP contribution in [-0.4, -0.2) is 70.3 Å². The van der Waals surface area contributed by atoms with E-state index in [1.165, 1.54) is 23.6 Å². The number of nitrogens with one attached hydrogen (secondary N) is 3. The van der Waals surface area contributed by atoms with Crippen molar-refractivity contribution in [2.75, 3.05) is 48.3 Å². The van der Waals surface area contributed by atoms with E-state index >= 15 is 0 Å². The van der Waals surface area contributed by atoms with Crippen molar-refractivity contribution in [3.8, 4) is 0 Å². The third kappa shape index (κ3) is 7.30. The van der Waals surface area contributed by atoms with Crippen LogP contribution in [0.2, 0.25) is 5.02 Å². The van der Waals surface area contributed by atoms with Crippen molar-refractivity contribution in [2.24, 2.45) is 0 Å². The van der Waals surface area contributed by atoms with Gasteiger partial charge in [0.1, 0.15) is 22.3 Å². The van der Waals surface area contributed by atoms with Crippen LogP contribution in [0.25, 0.3) is 0 Å². The highest BCUT2D eigenvalue weighted by molar-refractivity contribution is 7.17. The molecule has 3 heterocycles. The Morgan fingerprint density at radius 3 is 2.64 bits per heavy atom. The summed E-state index contributed by atoms with van der Waals surface area (Å²) >= 11 is 7.43. The molecule has 3 N–H and O–H groups in total. The van der Waals surface area contributed by atoms with Crippen LogP contribution >= 0.6 is 22.9 Å². The van der Waals surface area contributed by atoms with E-state index in [2.05, 4.69) is 42.4 Å². The highest BCUT2D eigenvalue weighted by atomic mass is 35.5. The predicted octanol–water partition coefficient (Wildman–Crippen LogP) is 3.54. The van der Waals surface area contributed by atoms with Crippen molar-refractivity contribution in [2.45, 2.75) is 20.3 Å². The minimum absolute atomic E-state index is 0.00598. The van der Waals surface area contributed by atoms with Crippen molar-refractivity contribution in [1.82, 2.24) is 25.2 Å². The van der Waals surface area contributed by atoms with Gasteiger partial charge in [-0.05, 0) is 31.6 Å². The quantitative estimate of drug-likeness (QED) is 0.334. The molecule has 1 fully saturated rings. The topological polar surface area (TPSA) is 132 Å². The minimum atomic E-state index is -0.299. The van der Waals surface area contributed by atoms with Crippen LogP contribution in [0.1, 0.15) is 27.5 Å². The van der Waals surface area contributed by atoms with Crippen molar-refractivity contribution in [3.05, 3.63) is 64.4 Å². The number of rotatable bonds is 9. The number of anilines is 4. The Kier molecular flexibility index (Phi) is 9.10. The van der Waals surface area contributed by atoms with Gasteiger partial charge in [0, 0.05) is 45.2 Å². The average molecular weight is 569 g/mol. The number of carbonyl (C=O) groups is 3. The Labute approximate surface area is 235 Å². The van der Waals surface area contributed by atoms with E-state index in [0.717, 1.165) is 11.4 Å². The van der Waals surface area contributed by atoms with E-state index < -0.39 is 0 Å². The van der Waals surface area contributed by atoms with Crippen molar-refractivity contribution < 1.29 is 14.4 Å². The van der Waals surface area contributed by atoms with Crippen LogP contribution in [0.15, 0.2) is 43.1 Å². The molecule has 13 heteroatoms. The molecular formula is C26H29ClN8O3S. The van der Waals surface area contributed by atoms with Crippen LogP contribution in [0.5, 0.6) is 0 Å². The lowest BCUT2D eigenvalue weighted by Crippen LogP contribution is -2.49. The van der Waals surface area contributed by atoms with E-state index in [1.54, 1.807) is 17.9 Å². The first-order valence-electron chi connectivity index (χ1n) is 12.3. The third-order valence-corrected chi connectivity index (χ3v) is 7.26. The number of benzene rings is 1. The van der Waals surface area contributed by atoms with E-state index in [4.69, 9.17) is 11.6 Å². The molecule has 4 rings (SSSR count). The summed E-state index contributed by atoms with van der Waals surface area (Å²) < 4.78 is 0. The zero-order valence-electron chi connectivity index (χ0n) is 21.7. The Hall–Kier alpha value is -4.03. The Morgan fingerprint density at radius 1 is 1.15 bits per heavy atom. The highest BCUT2D eigenvalue weighted by Crippen LogP contribution is 2.28. The van der Waals surface area contributed by atoms with Crippen molar-refractivity contribution in [3.63, 3.8) is 0 Å². The second-order valence-electron chi connectivity index (χ2n) is 8.81. The largest absolute Gasteiger partial charge is 0.353 e. The second-order valence-corrected chi connectivity index (χ2v) is 10.2. The van der Waals surface area contributed by atoms with E-state index in [0.29, 0.717) is 58.5 Å². The third-order valence-electron chi connectivity index (χ3n) is 6.03. The van der Waals surface area contributed by atoms with Gasteiger partial charge < -0.3 is 25.8 Å². The van der Waals surface area contributed by atoms with Crippen LogP contribution in [0.4, 0.5) is 22.5 Å². The molecule has 0 spiro atoms. The van der Waals surface area contributed by atoms with Gasteiger partial charge in [-0.3, -0.25) is 14.4 Å². The summed E-state index contributed by atoms with van der Waals surface area (Å²) in [5, 5.41) is 9.62. The molecule has 1 aromatic carbocycles. The van der Waals surface area contributed by atoms with Crippen LogP contribution in [0.3, 0.4) is 0 Å². The molecule has 0 unspecified atom stereocenters. The Bertz CT molecular complexity index is 1370. The first-order chi connectivity index (χ1) is 18.7. The summed E-state index contributed by atoms with van der Waals surface area (Å²) in [6.07, 6.45) is 2.93. The average Bonchev–Trinajstić information content (AvgIpc) is 3.39. The van der Waals surface area contributed by atoms with Crippen LogP contribution in [-0.2, 0) is 9.59 Å². The number of para-hydroxylation sites is 1. The minimum Gasteiger partial charge on any atom is -0.353 e. The number of amides is 3. The summed E-state index contributed by atoms with van der Waals surface area (Å²) in [4.78, 5) is 54.1. The molecule has 1 aliphatic heterocycles. The number of piperazine rings is 1. The number of aromatic nitrogens is 3. The van der Waals surface area contributed by atoms with Gasteiger partial charge >= 0.3 is 0 Å². The SMILES string of the molecule is C=CC(=O)NCCC(=O)N1CCN(c2cc(Nc3ncc(C(=O)Nc4c(C)cccc4Cl)s3)nc(C)n2)CC1. The number of nitrogens with zero attached hydrogens (tertiary/aromatic N) is 5. The molecule has 1 aliphatic rings. The monoisotopic (exact) mass is 568 g/mol. The van der Waals surface area contributed by atoms with E-state index in [9.17, 15) is 14.4 Å². The summed E-state index contributed by atoms with van der Waals surface area (Å²) in [6.45, 7) is 9.69. The second kappa shape index (κ2) is 12.7. The molecule has 0 atom stereocenters. The molecule has 3 amide bonds. The first kappa shape index (κ1) is 28.0. The maximum Gasteiger partial charge on any atom is 0.267 e. The Morgan fingerprint density at radius 2 is 1.92 bits per heavy atom. The number of aryl methyl sites for hydroxylation is 2. The maximum absolute atomic E-state index is 12.8. The van der Waals surface area contributed by atoms with Gasteiger partial charge in [-0.1, -0.05) is 41.6 Å². The predicted molar refractivity (Wildman–Crippen MR) is 153 cm³/mol. The smallest absolute Gasteiger partial charge is 0.267 e. The van der Waals surface area contributed by atoms with Gasteiger partial charge in [-0.15, -0.1) is 0 Å². The number of halogens is 1. The van der Waals surface area contributed by atoms with Gasteiger partial charge in [0.25, 0.3) is 5.91 Å². The zero-order valence-corrected chi connectivity index (χ0v) is 23.2. The van der Waals surface area contributed by atoms with Crippen LogP contribution < -0.4 is 20.9 Å². The molecule has 3 aromatic rings. The molecule has 11 nitrogen and oxygen atoms in total. The standard InChI is InChI=1S/C26H29ClN8O3S/c1-4-22(36)28-9-8-23(37)35-12-10-34(11-13-35)21-14-20(30-17(3)31-21)32-26-29-15-19(39-26)25(38)33-24-16(2)6-5-7-18(24)27/h4-7,14-15H,1,8-13H2,2-3H3,(H,28,36)(H,33,38)(H,29,30,31,32). The van der Waals surface area contributed by atoms with E-state index in [1.807, 2.05) is 25.1 Å². The van der Waals surface area contributed by atoms with Crippen molar-refractivity contribution in [1.29, 1.82) is 0 Å². The molecular weight excluding hydrogens is 540 g/mol. The van der Waals surface area contributed by atoms with Gasteiger partial charge in [-0.25, -0.2) is 15.0 Å². The number of carbonyl (C=O) groups excluding carboxylic acids is 3. The summed E-state index contributed by atoms with van der Waals surface area (Å²) in [6, 6.07) is 7.25. The fraction of sp³-hybridized carbons (Fsp3) is 0.308. The first-order valence-corrected chi connectivity index (χ1v) is 13.5. The maximum atomic E-state index is 12.8. The molecule has 39 heavy (non-hydrogen) atoms. The van der Waals surface area contributed by atoms with Crippen molar-refractivity contribution >= 4 is 63.1 Å². The van der Waals surface area contributed by atoms with Gasteiger partial charge in [0.2, 0.25) is 11.8 Å². The molecule has 0 aliphatic carbocycles. The van der Waals surface area contributed by atoms with Gasteiger partial charge in [0.05, 0.1) is 16.9 Å². The normalized spacial score (nSPS) is 13.1. The lowest BCUT2D eigenvalue weighted by atomic mass is 10.2. The summed E-state index contributed by atoms with van der Waals surface area (Å²) in [5.74, 6) is 1.27. The molecule has 1 saturated heterocycles. The lowest BCUT2D eigenvalue weighted by molar-refractivity contribution is -0.131. The number of hydrogen-bond acceptors (Lipinski definition) is 9. The number of hydrogen-bond donors (Lipinski definition) is 3. The molecule has 0 bridgehead atoms. The highest BCUT2D eigenvalue weighted by Gasteiger charge is 2.22. The molecule has 2 aromatic heterocycles. The molecule has 0 radical (unpaired) electrons. The zero-order chi connectivity index (χ0) is 27.9. The van der Waals surface area contributed by atoms with Gasteiger partial charge in [-0.2, -0.15) is 0 Å². The fourth-order valence-corrected chi connectivity index (χ4v) is 4.99. The Balaban J connectivity index is 1.35. The van der Waals surface area contributed by atoms with Crippen LogP contribution in [0, 0.1) is 13.8 Å². The molecule has 204 valence electrons. The van der Waals surface area contributed by atoms with Gasteiger partial charge in [0.15, 0.2) is 5.13 Å². The fourth-order valence-electron chi connectivity index (χ4n) is 4.00. The molecule has 0 saturated carbocycles. The summed E-state index contributed by atoms with van der Waals surface area (Å²) in [7, 11) is 0. The van der Waals surface area contributed by atoms with E-state index in [-0.39, 0.29) is 30.7 Å². The summed E-state index contributed by atoms with van der Waals surface area (Å²) in [5.41, 5.74) is 1.44.